The van der Waals surface area contributed by atoms with Crippen LogP contribution in [0, 0.1) is 6.92 Å². The van der Waals surface area contributed by atoms with E-state index in [1.807, 2.05) is 26.8 Å². The Morgan fingerprint density at radius 2 is 1.74 bits per heavy atom. The van der Waals surface area contributed by atoms with E-state index in [0.29, 0.717) is 37.6 Å². The highest BCUT2D eigenvalue weighted by molar-refractivity contribution is 5.95. The molecule has 0 aliphatic carbocycles. The summed E-state index contributed by atoms with van der Waals surface area (Å²) < 4.78 is 6.97. The molecule has 1 aromatic carbocycles. The SMILES string of the molecule is Cc1nnnn1-c1cccc(C(=O)N2CCN(C(=O)OC(C)(C)C)CC2)c1. The van der Waals surface area contributed by atoms with Crippen molar-refractivity contribution in [1.29, 1.82) is 0 Å². The first-order valence-electron chi connectivity index (χ1n) is 8.87. The largest absolute Gasteiger partial charge is 0.444 e. The van der Waals surface area contributed by atoms with Crippen molar-refractivity contribution in [2.75, 3.05) is 26.2 Å². The molecule has 2 aromatic rings. The molecule has 1 aliphatic heterocycles. The Kier molecular flexibility index (Phi) is 5.11. The van der Waals surface area contributed by atoms with Crippen molar-refractivity contribution >= 4 is 12.0 Å². The molecule has 144 valence electrons. The van der Waals surface area contributed by atoms with Gasteiger partial charge in [-0.15, -0.1) is 5.10 Å². The van der Waals surface area contributed by atoms with E-state index in [4.69, 9.17) is 4.74 Å². The highest BCUT2D eigenvalue weighted by Gasteiger charge is 2.28. The zero-order valence-electron chi connectivity index (χ0n) is 16.0. The number of carbonyl (C=O) groups excluding carboxylic acids is 2. The van der Waals surface area contributed by atoms with Gasteiger partial charge in [-0.25, -0.2) is 4.79 Å². The highest BCUT2D eigenvalue weighted by Crippen LogP contribution is 2.16. The number of aromatic nitrogens is 4. The molecule has 1 aromatic heterocycles. The lowest BCUT2D eigenvalue weighted by atomic mass is 10.1. The molecule has 9 nitrogen and oxygen atoms in total. The molecule has 0 spiro atoms. The smallest absolute Gasteiger partial charge is 0.410 e. The third kappa shape index (κ3) is 4.42. The van der Waals surface area contributed by atoms with E-state index in [9.17, 15) is 9.59 Å². The molecule has 2 amide bonds. The van der Waals surface area contributed by atoms with Crippen LogP contribution >= 0.6 is 0 Å². The minimum atomic E-state index is -0.529. The van der Waals surface area contributed by atoms with E-state index in [1.165, 1.54) is 0 Å². The second-order valence-corrected chi connectivity index (χ2v) is 7.45. The number of amides is 2. The second-order valence-electron chi connectivity index (χ2n) is 7.45. The van der Waals surface area contributed by atoms with Crippen molar-refractivity contribution in [1.82, 2.24) is 30.0 Å². The number of carbonyl (C=O) groups is 2. The van der Waals surface area contributed by atoms with Gasteiger partial charge in [-0.2, -0.15) is 4.68 Å². The van der Waals surface area contributed by atoms with E-state index in [1.54, 1.807) is 39.6 Å². The first-order chi connectivity index (χ1) is 12.7. The average Bonchev–Trinajstić information content (AvgIpc) is 3.06. The van der Waals surface area contributed by atoms with Crippen LogP contribution in [0.4, 0.5) is 4.79 Å². The van der Waals surface area contributed by atoms with Gasteiger partial charge in [-0.3, -0.25) is 4.79 Å². The molecule has 27 heavy (non-hydrogen) atoms. The van der Waals surface area contributed by atoms with Crippen molar-refractivity contribution in [2.45, 2.75) is 33.3 Å². The van der Waals surface area contributed by atoms with Gasteiger partial charge in [0.1, 0.15) is 5.60 Å². The zero-order valence-corrected chi connectivity index (χ0v) is 16.0. The predicted octanol–water partition coefficient (Wildman–Crippen LogP) is 1.66. The summed E-state index contributed by atoms with van der Waals surface area (Å²) >= 11 is 0. The molecule has 1 saturated heterocycles. The Labute approximate surface area is 157 Å². The van der Waals surface area contributed by atoms with Crippen LogP contribution in [0.25, 0.3) is 5.69 Å². The Hall–Kier alpha value is -2.97. The van der Waals surface area contributed by atoms with E-state index < -0.39 is 5.60 Å². The molecular formula is C18H24N6O3. The van der Waals surface area contributed by atoms with Crippen LogP contribution in [-0.4, -0.2) is 73.8 Å². The van der Waals surface area contributed by atoms with Gasteiger partial charge in [0.2, 0.25) is 0 Å². The minimum absolute atomic E-state index is 0.0774. The summed E-state index contributed by atoms with van der Waals surface area (Å²) in [5.41, 5.74) is 0.766. The maximum Gasteiger partial charge on any atom is 0.410 e. The zero-order chi connectivity index (χ0) is 19.6. The van der Waals surface area contributed by atoms with Crippen molar-refractivity contribution in [3.63, 3.8) is 0 Å². The van der Waals surface area contributed by atoms with Crippen LogP contribution in [0.3, 0.4) is 0 Å². The van der Waals surface area contributed by atoms with Gasteiger partial charge in [-0.1, -0.05) is 6.07 Å². The van der Waals surface area contributed by atoms with E-state index in [2.05, 4.69) is 15.5 Å². The predicted molar refractivity (Wildman–Crippen MR) is 97.6 cm³/mol. The number of rotatable bonds is 2. The third-order valence-corrected chi connectivity index (χ3v) is 4.18. The van der Waals surface area contributed by atoms with Crippen molar-refractivity contribution < 1.29 is 14.3 Å². The molecule has 0 N–H and O–H groups in total. The fourth-order valence-corrected chi connectivity index (χ4v) is 2.84. The van der Waals surface area contributed by atoms with E-state index in [-0.39, 0.29) is 12.0 Å². The quantitative estimate of drug-likeness (QED) is 0.796. The number of ether oxygens (including phenoxy) is 1. The Morgan fingerprint density at radius 3 is 2.33 bits per heavy atom. The van der Waals surface area contributed by atoms with Crippen LogP contribution in [0.5, 0.6) is 0 Å². The van der Waals surface area contributed by atoms with Gasteiger partial charge < -0.3 is 14.5 Å². The first kappa shape index (κ1) is 18.8. The fourth-order valence-electron chi connectivity index (χ4n) is 2.84. The van der Waals surface area contributed by atoms with Gasteiger partial charge in [-0.05, 0) is 56.3 Å². The maximum atomic E-state index is 12.8. The molecule has 0 atom stereocenters. The number of piperazine rings is 1. The number of hydrogen-bond donors (Lipinski definition) is 0. The Balaban J connectivity index is 1.65. The molecule has 1 aliphatic rings. The van der Waals surface area contributed by atoms with Crippen molar-refractivity contribution in [3.05, 3.63) is 35.7 Å². The summed E-state index contributed by atoms with van der Waals surface area (Å²) in [5.74, 6) is 0.567. The van der Waals surface area contributed by atoms with Crippen molar-refractivity contribution in [3.8, 4) is 5.69 Å². The monoisotopic (exact) mass is 372 g/mol. The molecule has 0 unspecified atom stereocenters. The molecule has 3 rings (SSSR count). The van der Waals surface area contributed by atoms with Crippen LogP contribution in [0.2, 0.25) is 0 Å². The van der Waals surface area contributed by atoms with E-state index >= 15 is 0 Å². The molecule has 2 heterocycles. The molecule has 0 saturated carbocycles. The lowest BCUT2D eigenvalue weighted by Crippen LogP contribution is -2.51. The average molecular weight is 372 g/mol. The lowest BCUT2D eigenvalue weighted by Gasteiger charge is -2.35. The van der Waals surface area contributed by atoms with Crippen LogP contribution in [-0.2, 0) is 4.74 Å². The number of tetrazole rings is 1. The third-order valence-electron chi connectivity index (χ3n) is 4.18. The van der Waals surface area contributed by atoms with Gasteiger partial charge in [0, 0.05) is 31.7 Å². The number of hydrogen-bond acceptors (Lipinski definition) is 6. The van der Waals surface area contributed by atoms with Crippen LogP contribution in [0.15, 0.2) is 24.3 Å². The summed E-state index contributed by atoms with van der Waals surface area (Å²) in [6.45, 7) is 9.14. The second kappa shape index (κ2) is 7.34. The Morgan fingerprint density at radius 1 is 1.07 bits per heavy atom. The maximum absolute atomic E-state index is 12.8. The van der Waals surface area contributed by atoms with Gasteiger partial charge >= 0.3 is 6.09 Å². The molecule has 1 fully saturated rings. The summed E-state index contributed by atoms with van der Waals surface area (Å²) in [6, 6.07) is 7.19. The molecule has 9 heteroatoms. The minimum Gasteiger partial charge on any atom is -0.444 e. The lowest BCUT2D eigenvalue weighted by molar-refractivity contribution is 0.0141. The van der Waals surface area contributed by atoms with Gasteiger partial charge in [0.15, 0.2) is 5.82 Å². The standard InChI is InChI=1S/C18H24N6O3/c1-13-19-20-21-24(13)15-7-5-6-14(12-15)16(25)22-8-10-23(11-9-22)17(26)27-18(2,3)4/h5-7,12H,8-11H2,1-4H3. The van der Waals surface area contributed by atoms with Gasteiger partial charge in [0.25, 0.3) is 5.91 Å². The summed E-state index contributed by atoms with van der Waals surface area (Å²) in [6.07, 6.45) is -0.342. The Bertz CT molecular complexity index is 834. The molecule has 0 bridgehead atoms. The highest BCUT2D eigenvalue weighted by atomic mass is 16.6. The first-order valence-corrected chi connectivity index (χ1v) is 8.87. The molecule has 0 radical (unpaired) electrons. The number of nitrogens with zero attached hydrogens (tertiary/aromatic N) is 6. The normalized spacial score (nSPS) is 15.0. The van der Waals surface area contributed by atoms with Crippen LogP contribution < -0.4 is 0 Å². The van der Waals surface area contributed by atoms with Crippen LogP contribution in [0.1, 0.15) is 37.0 Å². The summed E-state index contributed by atoms with van der Waals surface area (Å²) in [5, 5.41) is 11.4. The van der Waals surface area contributed by atoms with Crippen molar-refractivity contribution in [2.24, 2.45) is 0 Å². The molecular weight excluding hydrogens is 348 g/mol. The summed E-state index contributed by atoms with van der Waals surface area (Å²) in [4.78, 5) is 28.4. The van der Waals surface area contributed by atoms with Gasteiger partial charge in [0.05, 0.1) is 5.69 Å². The fraction of sp³-hybridized carbons (Fsp3) is 0.500. The summed E-state index contributed by atoms with van der Waals surface area (Å²) in [7, 11) is 0. The van der Waals surface area contributed by atoms with E-state index in [0.717, 1.165) is 5.69 Å². The number of aryl methyl sites for hydroxylation is 1. The topological polar surface area (TPSA) is 93.5 Å². The number of benzene rings is 1.